The molecule has 0 spiro atoms. The quantitative estimate of drug-likeness (QED) is 0.700. The minimum Gasteiger partial charge on any atom is -0.483 e. The molecule has 0 heterocycles. The van der Waals surface area contributed by atoms with E-state index in [1.807, 2.05) is 6.92 Å². The number of carbonyl (C=O) groups is 2. The van der Waals surface area contributed by atoms with E-state index in [4.69, 9.17) is 14.6 Å². The molecule has 0 saturated heterocycles. The molecule has 0 aliphatic carbocycles. The second-order valence-corrected chi connectivity index (χ2v) is 4.29. The Bertz CT molecular complexity index is 473. The van der Waals surface area contributed by atoms with Crippen LogP contribution in [-0.4, -0.2) is 43.9 Å². The molecule has 0 bridgehead atoms. The van der Waals surface area contributed by atoms with Crippen molar-refractivity contribution in [1.82, 2.24) is 5.32 Å². The number of aromatic carboxylic acids is 1. The molecule has 0 saturated carbocycles. The van der Waals surface area contributed by atoms with E-state index < -0.39 is 5.97 Å². The lowest BCUT2D eigenvalue weighted by Crippen LogP contribution is -2.30. The van der Waals surface area contributed by atoms with E-state index in [1.54, 1.807) is 19.2 Å². The largest absolute Gasteiger partial charge is 0.483 e. The number of aryl methyl sites for hydroxylation is 1. The minimum atomic E-state index is -1.08. The fourth-order valence-electron chi connectivity index (χ4n) is 1.56. The SMILES string of the molecule is COCCCNC(=O)COc1cc(C)ccc1C(=O)O. The third kappa shape index (κ3) is 5.27. The second kappa shape index (κ2) is 8.16. The summed E-state index contributed by atoms with van der Waals surface area (Å²) in [6, 6.07) is 4.74. The third-order valence-electron chi connectivity index (χ3n) is 2.57. The van der Waals surface area contributed by atoms with Crippen molar-refractivity contribution in [3.8, 4) is 5.75 Å². The van der Waals surface area contributed by atoms with Crippen molar-refractivity contribution in [2.24, 2.45) is 0 Å². The number of carboxylic acids is 1. The summed E-state index contributed by atoms with van der Waals surface area (Å²) in [7, 11) is 1.59. The number of hydrogen-bond acceptors (Lipinski definition) is 4. The summed E-state index contributed by atoms with van der Waals surface area (Å²) in [4.78, 5) is 22.5. The zero-order chi connectivity index (χ0) is 15.0. The Balaban J connectivity index is 2.50. The summed E-state index contributed by atoms with van der Waals surface area (Å²) < 4.78 is 10.1. The number of ether oxygens (including phenoxy) is 2. The van der Waals surface area contributed by atoms with E-state index in [0.717, 1.165) is 5.56 Å². The van der Waals surface area contributed by atoms with Gasteiger partial charge in [-0.2, -0.15) is 0 Å². The van der Waals surface area contributed by atoms with E-state index in [0.29, 0.717) is 19.6 Å². The molecule has 1 amide bonds. The van der Waals surface area contributed by atoms with Crippen molar-refractivity contribution in [3.05, 3.63) is 29.3 Å². The van der Waals surface area contributed by atoms with Crippen LogP contribution >= 0.6 is 0 Å². The lowest BCUT2D eigenvalue weighted by Gasteiger charge is -2.10. The molecule has 2 N–H and O–H groups in total. The van der Waals surface area contributed by atoms with Gasteiger partial charge in [0.05, 0.1) is 0 Å². The van der Waals surface area contributed by atoms with Crippen molar-refractivity contribution in [1.29, 1.82) is 0 Å². The van der Waals surface area contributed by atoms with Crippen LogP contribution in [0.4, 0.5) is 0 Å². The van der Waals surface area contributed by atoms with Crippen LogP contribution in [0.25, 0.3) is 0 Å². The highest BCUT2D eigenvalue weighted by Crippen LogP contribution is 2.20. The maximum absolute atomic E-state index is 11.5. The van der Waals surface area contributed by atoms with Crippen LogP contribution in [-0.2, 0) is 9.53 Å². The lowest BCUT2D eigenvalue weighted by atomic mass is 10.1. The van der Waals surface area contributed by atoms with Gasteiger partial charge in [0.15, 0.2) is 6.61 Å². The summed E-state index contributed by atoms with van der Waals surface area (Å²) in [5.41, 5.74) is 0.910. The monoisotopic (exact) mass is 281 g/mol. The van der Waals surface area contributed by atoms with Gasteiger partial charge in [0, 0.05) is 20.3 Å². The zero-order valence-electron chi connectivity index (χ0n) is 11.6. The Morgan fingerprint density at radius 1 is 1.35 bits per heavy atom. The van der Waals surface area contributed by atoms with Crippen molar-refractivity contribution in [2.45, 2.75) is 13.3 Å². The van der Waals surface area contributed by atoms with Gasteiger partial charge in [-0.25, -0.2) is 4.79 Å². The Morgan fingerprint density at radius 2 is 2.10 bits per heavy atom. The molecule has 0 unspecified atom stereocenters. The molecule has 1 rings (SSSR count). The van der Waals surface area contributed by atoms with Crippen LogP contribution in [0.15, 0.2) is 18.2 Å². The zero-order valence-corrected chi connectivity index (χ0v) is 11.6. The summed E-state index contributed by atoms with van der Waals surface area (Å²) in [6.07, 6.45) is 0.715. The van der Waals surface area contributed by atoms with Gasteiger partial charge in [-0.15, -0.1) is 0 Å². The predicted molar refractivity (Wildman–Crippen MR) is 73.1 cm³/mol. The molecule has 0 aromatic heterocycles. The third-order valence-corrected chi connectivity index (χ3v) is 2.57. The van der Waals surface area contributed by atoms with Crippen molar-refractivity contribution >= 4 is 11.9 Å². The summed E-state index contributed by atoms with van der Waals surface area (Å²) in [6.45, 7) is 2.68. The number of benzene rings is 1. The smallest absolute Gasteiger partial charge is 0.339 e. The van der Waals surface area contributed by atoms with Crippen LogP contribution < -0.4 is 10.1 Å². The highest BCUT2D eigenvalue weighted by Gasteiger charge is 2.12. The molecule has 1 aromatic carbocycles. The molecule has 110 valence electrons. The van der Waals surface area contributed by atoms with Crippen LogP contribution in [0.2, 0.25) is 0 Å². The van der Waals surface area contributed by atoms with Crippen LogP contribution in [0, 0.1) is 6.92 Å². The predicted octanol–water partition coefficient (Wildman–Crippen LogP) is 1.22. The first-order valence-electron chi connectivity index (χ1n) is 6.27. The fraction of sp³-hybridized carbons (Fsp3) is 0.429. The first-order valence-corrected chi connectivity index (χ1v) is 6.27. The molecule has 0 fully saturated rings. The number of hydrogen-bond donors (Lipinski definition) is 2. The maximum Gasteiger partial charge on any atom is 0.339 e. The Hall–Kier alpha value is -2.08. The van der Waals surface area contributed by atoms with Gasteiger partial charge < -0.3 is 19.9 Å². The molecule has 0 radical (unpaired) electrons. The molecule has 20 heavy (non-hydrogen) atoms. The Kier molecular flexibility index (Phi) is 6.52. The van der Waals surface area contributed by atoms with Gasteiger partial charge in [-0.3, -0.25) is 4.79 Å². The summed E-state index contributed by atoms with van der Waals surface area (Å²) >= 11 is 0. The maximum atomic E-state index is 11.5. The van der Waals surface area contributed by atoms with Gasteiger partial charge in [0.1, 0.15) is 11.3 Å². The first kappa shape index (κ1) is 16.0. The normalized spacial score (nSPS) is 10.1. The number of methoxy groups -OCH3 is 1. The van der Waals surface area contributed by atoms with Crippen LogP contribution in [0.3, 0.4) is 0 Å². The average Bonchev–Trinajstić information content (AvgIpc) is 2.41. The molecule has 6 heteroatoms. The standard InChI is InChI=1S/C14H19NO5/c1-10-4-5-11(14(17)18)12(8-10)20-9-13(16)15-6-3-7-19-2/h4-5,8H,3,6-7,9H2,1-2H3,(H,15,16)(H,17,18). The number of carbonyl (C=O) groups excluding carboxylic acids is 1. The number of amides is 1. The van der Waals surface area contributed by atoms with Gasteiger partial charge in [-0.05, 0) is 31.0 Å². The average molecular weight is 281 g/mol. The molecule has 0 atom stereocenters. The van der Waals surface area contributed by atoms with Gasteiger partial charge in [-0.1, -0.05) is 6.07 Å². The van der Waals surface area contributed by atoms with Gasteiger partial charge in [0.2, 0.25) is 0 Å². The van der Waals surface area contributed by atoms with Gasteiger partial charge in [0.25, 0.3) is 5.91 Å². The molecule has 0 aliphatic rings. The van der Waals surface area contributed by atoms with Crippen molar-refractivity contribution in [3.63, 3.8) is 0 Å². The van der Waals surface area contributed by atoms with Crippen LogP contribution in [0.1, 0.15) is 22.3 Å². The molecule has 6 nitrogen and oxygen atoms in total. The minimum absolute atomic E-state index is 0.0442. The van der Waals surface area contributed by atoms with E-state index in [9.17, 15) is 9.59 Å². The Morgan fingerprint density at radius 3 is 2.75 bits per heavy atom. The highest BCUT2D eigenvalue weighted by atomic mass is 16.5. The molecular formula is C14H19NO5. The summed E-state index contributed by atoms with van der Waals surface area (Å²) in [5.74, 6) is -1.18. The second-order valence-electron chi connectivity index (χ2n) is 4.29. The topological polar surface area (TPSA) is 84.9 Å². The van der Waals surface area contributed by atoms with E-state index in [1.165, 1.54) is 6.07 Å². The van der Waals surface area contributed by atoms with E-state index in [-0.39, 0.29) is 23.8 Å². The van der Waals surface area contributed by atoms with E-state index in [2.05, 4.69) is 5.32 Å². The summed E-state index contributed by atoms with van der Waals surface area (Å²) in [5, 5.41) is 11.7. The van der Waals surface area contributed by atoms with Crippen molar-refractivity contribution < 1.29 is 24.2 Å². The molecular weight excluding hydrogens is 262 g/mol. The van der Waals surface area contributed by atoms with Crippen molar-refractivity contribution in [2.75, 3.05) is 26.9 Å². The Labute approximate surface area is 117 Å². The fourth-order valence-corrected chi connectivity index (χ4v) is 1.56. The molecule has 0 aliphatic heterocycles. The number of carboxylic acid groups (broad SMARTS) is 1. The van der Waals surface area contributed by atoms with E-state index >= 15 is 0 Å². The lowest BCUT2D eigenvalue weighted by molar-refractivity contribution is -0.123. The highest BCUT2D eigenvalue weighted by molar-refractivity contribution is 5.91. The first-order chi connectivity index (χ1) is 9.54. The number of nitrogens with one attached hydrogen (secondary N) is 1. The van der Waals surface area contributed by atoms with Gasteiger partial charge >= 0.3 is 5.97 Å². The van der Waals surface area contributed by atoms with Crippen LogP contribution in [0.5, 0.6) is 5.75 Å². The number of rotatable bonds is 8. The molecule has 1 aromatic rings.